The lowest BCUT2D eigenvalue weighted by molar-refractivity contribution is 1.07. The van der Waals surface area contributed by atoms with Gasteiger partial charge < -0.3 is 9.13 Å². The number of nitrogens with zero attached hydrogens (tertiary/aromatic N) is 5. The first-order valence-corrected chi connectivity index (χ1v) is 22.0. The predicted molar refractivity (Wildman–Crippen MR) is 263 cm³/mol. The van der Waals surface area contributed by atoms with E-state index in [9.17, 15) is 0 Å². The van der Waals surface area contributed by atoms with Crippen molar-refractivity contribution in [3.05, 3.63) is 212 Å². The van der Waals surface area contributed by atoms with Gasteiger partial charge in [0, 0.05) is 65.1 Å². The molecule has 0 saturated carbocycles. The van der Waals surface area contributed by atoms with Crippen LogP contribution in [0, 0.1) is 0 Å². The summed E-state index contributed by atoms with van der Waals surface area (Å²) in [6.45, 7) is 0. The van der Waals surface area contributed by atoms with E-state index in [1.165, 1.54) is 52.8 Å². The van der Waals surface area contributed by atoms with Crippen molar-refractivity contribution in [3.63, 3.8) is 0 Å². The molecule has 0 radical (unpaired) electrons. The van der Waals surface area contributed by atoms with Crippen molar-refractivity contribution in [2.45, 2.75) is 0 Å². The summed E-state index contributed by atoms with van der Waals surface area (Å²) in [5.74, 6) is 1.87. The highest BCUT2D eigenvalue weighted by Crippen LogP contribution is 2.45. The first-order valence-electron chi connectivity index (χ1n) is 21.2. The van der Waals surface area contributed by atoms with Gasteiger partial charge in [-0.15, -0.1) is 11.3 Å². The third kappa shape index (κ3) is 5.66. The SMILES string of the molecule is c1ccc(-c2nc(-c3ccccc3)nc(-c3ccc(-n4c5ccccc5c5ccc6c7ccccc7sc6c54)cc3-c3ccc4c5ccccc5n(-c5ccccc5)c4c3)n2)cc1. The second-order valence-corrected chi connectivity index (χ2v) is 17.0. The van der Waals surface area contributed by atoms with Crippen molar-refractivity contribution in [3.8, 4) is 56.7 Å². The maximum absolute atomic E-state index is 5.27. The maximum atomic E-state index is 5.27. The number of hydrogen-bond donors (Lipinski definition) is 0. The van der Waals surface area contributed by atoms with Crippen molar-refractivity contribution >= 4 is 75.1 Å². The van der Waals surface area contributed by atoms with Crippen LogP contribution in [0.4, 0.5) is 0 Å². The Kier molecular flexibility index (Phi) is 8.01. The molecule has 0 aliphatic heterocycles. The number of para-hydroxylation sites is 3. The Labute approximate surface area is 366 Å². The number of thiophene rings is 1. The summed E-state index contributed by atoms with van der Waals surface area (Å²) in [5, 5.41) is 7.43. The van der Waals surface area contributed by atoms with Crippen LogP contribution >= 0.6 is 11.3 Å². The lowest BCUT2D eigenvalue weighted by Crippen LogP contribution is -2.02. The van der Waals surface area contributed by atoms with Gasteiger partial charge >= 0.3 is 0 Å². The molecule has 6 heteroatoms. The number of benzene rings is 9. The van der Waals surface area contributed by atoms with Crippen LogP contribution in [-0.2, 0) is 0 Å². The van der Waals surface area contributed by atoms with Gasteiger partial charge in [-0.05, 0) is 65.7 Å². The van der Waals surface area contributed by atoms with Gasteiger partial charge in [-0.25, -0.2) is 15.0 Å². The average Bonchev–Trinajstić information content (AvgIpc) is 4.02. The molecule has 0 atom stereocenters. The molecular weight excluding hydrogens is 787 g/mol. The van der Waals surface area contributed by atoms with Gasteiger partial charge in [-0.1, -0.05) is 158 Å². The van der Waals surface area contributed by atoms with Gasteiger partial charge in [0.25, 0.3) is 0 Å². The van der Waals surface area contributed by atoms with Gasteiger partial charge in [-0.2, -0.15) is 0 Å². The van der Waals surface area contributed by atoms with E-state index in [-0.39, 0.29) is 0 Å². The van der Waals surface area contributed by atoms with E-state index in [2.05, 4.69) is 185 Å². The minimum atomic E-state index is 0.613. The number of fused-ring (bicyclic) bond motifs is 10. The molecule has 4 aromatic heterocycles. The summed E-state index contributed by atoms with van der Waals surface area (Å²) < 4.78 is 7.41. The van der Waals surface area contributed by atoms with Gasteiger partial charge in [0.1, 0.15) is 0 Å². The fourth-order valence-electron chi connectivity index (χ4n) is 9.53. The van der Waals surface area contributed by atoms with Crippen LogP contribution in [0.2, 0.25) is 0 Å². The molecule has 0 aliphatic rings. The first-order chi connectivity index (χ1) is 31.2. The fraction of sp³-hybridized carbons (Fsp3) is 0. The number of aromatic nitrogens is 5. The quantitative estimate of drug-likeness (QED) is 0.168. The Morgan fingerprint density at radius 1 is 0.317 bits per heavy atom. The monoisotopic (exact) mass is 821 g/mol. The molecule has 13 rings (SSSR count). The van der Waals surface area contributed by atoms with Gasteiger partial charge in [0.2, 0.25) is 0 Å². The molecule has 0 amide bonds. The Morgan fingerprint density at radius 2 is 0.857 bits per heavy atom. The molecule has 0 bridgehead atoms. The molecule has 5 nitrogen and oxygen atoms in total. The van der Waals surface area contributed by atoms with Crippen LogP contribution < -0.4 is 0 Å². The standard InChI is InChI=1S/C57H35N5S/c1-4-16-36(17-5-1)55-58-56(37-18-6-2-7-19-37)60-57(59-55)47-31-29-40(62-50-26-14-11-23-42(50)45-32-33-46-44-24-12-15-27-52(44)63-54(46)53(45)62)35-48(47)38-28-30-43-41-22-10-13-25-49(41)61(51(43)34-38)39-20-8-3-9-21-39/h1-35H. The minimum Gasteiger partial charge on any atom is -0.309 e. The van der Waals surface area contributed by atoms with Crippen molar-refractivity contribution in [2.75, 3.05) is 0 Å². The lowest BCUT2D eigenvalue weighted by atomic mass is 9.96. The Balaban J connectivity index is 1.13. The van der Waals surface area contributed by atoms with Crippen LogP contribution in [0.5, 0.6) is 0 Å². The number of hydrogen-bond acceptors (Lipinski definition) is 4. The molecule has 9 aromatic carbocycles. The molecule has 0 unspecified atom stereocenters. The lowest BCUT2D eigenvalue weighted by Gasteiger charge is -2.16. The van der Waals surface area contributed by atoms with Crippen LogP contribution in [0.25, 0.3) is 120 Å². The molecule has 0 fully saturated rings. The smallest absolute Gasteiger partial charge is 0.164 e. The summed E-state index contributed by atoms with van der Waals surface area (Å²) in [5.41, 5.74) is 11.7. The second-order valence-electron chi connectivity index (χ2n) is 16.0. The van der Waals surface area contributed by atoms with Gasteiger partial charge in [0.15, 0.2) is 17.5 Å². The van der Waals surface area contributed by atoms with Crippen molar-refractivity contribution in [2.24, 2.45) is 0 Å². The molecule has 0 spiro atoms. The summed E-state index contributed by atoms with van der Waals surface area (Å²) in [7, 11) is 0. The average molecular weight is 822 g/mol. The highest BCUT2D eigenvalue weighted by Gasteiger charge is 2.22. The predicted octanol–water partition coefficient (Wildman–Crippen LogP) is 15.1. The summed E-state index contributed by atoms with van der Waals surface area (Å²) in [6.07, 6.45) is 0. The third-order valence-corrected chi connectivity index (χ3v) is 13.6. The number of rotatable bonds is 6. The summed E-state index contributed by atoms with van der Waals surface area (Å²) in [4.78, 5) is 15.6. The molecule has 0 N–H and O–H groups in total. The van der Waals surface area contributed by atoms with E-state index < -0.39 is 0 Å². The van der Waals surface area contributed by atoms with Crippen LogP contribution in [0.1, 0.15) is 0 Å². The molecule has 4 heterocycles. The minimum absolute atomic E-state index is 0.613. The highest BCUT2D eigenvalue weighted by atomic mass is 32.1. The Morgan fingerprint density at radius 3 is 1.57 bits per heavy atom. The summed E-state index contributed by atoms with van der Waals surface area (Å²) >= 11 is 1.87. The zero-order valence-corrected chi connectivity index (χ0v) is 34.7. The first kappa shape index (κ1) is 35.6. The Bertz CT molecular complexity index is 3850. The van der Waals surface area contributed by atoms with Crippen molar-refractivity contribution in [1.29, 1.82) is 0 Å². The molecule has 63 heavy (non-hydrogen) atoms. The van der Waals surface area contributed by atoms with Crippen LogP contribution in [0.3, 0.4) is 0 Å². The van der Waals surface area contributed by atoms with E-state index >= 15 is 0 Å². The van der Waals surface area contributed by atoms with Gasteiger partial charge in [0.05, 0.1) is 26.8 Å². The molecule has 294 valence electrons. The normalized spacial score (nSPS) is 11.8. The molecular formula is C57H35N5S. The van der Waals surface area contributed by atoms with E-state index in [1.54, 1.807) is 0 Å². The van der Waals surface area contributed by atoms with Crippen molar-refractivity contribution in [1.82, 2.24) is 24.1 Å². The molecule has 13 aromatic rings. The Hall–Kier alpha value is -8.19. The van der Waals surface area contributed by atoms with E-state index in [0.29, 0.717) is 17.5 Å². The molecule has 0 aliphatic carbocycles. The zero-order valence-electron chi connectivity index (χ0n) is 33.9. The topological polar surface area (TPSA) is 48.5 Å². The largest absolute Gasteiger partial charge is 0.309 e. The van der Waals surface area contributed by atoms with Crippen LogP contribution in [0.15, 0.2) is 212 Å². The van der Waals surface area contributed by atoms with E-state index in [0.717, 1.165) is 50.2 Å². The van der Waals surface area contributed by atoms with E-state index in [4.69, 9.17) is 15.0 Å². The molecule has 0 saturated heterocycles. The maximum Gasteiger partial charge on any atom is 0.164 e. The third-order valence-electron chi connectivity index (χ3n) is 12.4. The second kappa shape index (κ2) is 14.2. The van der Waals surface area contributed by atoms with Crippen LogP contribution in [-0.4, -0.2) is 24.1 Å². The highest BCUT2D eigenvalue weighted by molar-refractivity contribution is 7.26. The van der Waals surface area contributed by atoms with E-state index in [1.807, 2.05) is 47.7 Å². The van der Waals surface area contributed by atoms with Crippen molar-refractivity contribution < 1.29 is 0 Å². The zero-order chi connectivity index (χ0) is 41.4. The summed E-state index contributed by atoms with van der Waals surface area (Å²) in [6, 6.07) is 75.6. The van der Waals surface area contributed by atoms with Gasteiger partial charge in [-0.3, -0.25) is 0 Å². The fourth-order valence-corrected chi connectivity index (χ4v) is 10.8.